The Hall–Kier alpha value is -1.47. The van der Waals surface area contributed by atoms with Crippen molar-refractivity contribution in [3.8, 4) is 0 Å². The maximum Gasteiger partial charge on any atom is 0.242 e. The number of amides is 1. The quantitative estimate of drug-likeness (QED) is 0.603. The molecule has 7 heteroatoms. The molecule has 0 saturated carbocycles. The molecule has 0 aliphatic carbocycles. The van der Waals surface area contributed by atoms with E-state index in [4.69, 9.17) is 10.8 Å². The van der Waals surface area contributed by atoms with Crippen LogP contribution in [0.1, 0.15) is 32.4 Å². The zero-order valence-electron chi connectivity index (χ0n) is 10.9. The van der Waals surface area contributed by atoms with Crippen LogP contribution < -0.4 is 11.1 Å². The lowest BCUT2D eigenvalue weighted by Gasteiger charge is -2.28. The summed E-state index contributed by atoms with van der Waals surface area (Å²) in [5, 5.41) is 19.5. The van der Waals surface area contributed by atoms with E-state index >= 15 is 0 Å². The summed E-state index contributed by atoms with van der Waals surface area (Å²) in [5.74, 6) is -0.152. The Morgan fingerprint density at radius 1 is 1.67 bits per heavy atom. The van der Waals surface area contributed by atoms with Gasteiger partial charge in [-0.25, -0.2) is 4.68 Å². The van der Waals surface area contributed by atoms with E-state index < -0.39 is 0 Å². The molecule has 1 heterocycles. The Labute approximate surface area is 106 Å². The van der Waals surface area contributed by atoms with Gasteiger partial charge < -0.3 is 16.2 Å². The molecular weight excluding hydrogens is 234 g/mol. The van der Waals surface area contributed by atoms with Gasteiger partial charge >= 0.3 is 0 Å². The highest BCUT2D eigenvalue weighted by Crippen LogP contribution is 2.13. The number of nitrogens with two attached hydrogens (primary N) is 1. The Bertz CT molecular complexity index is 393. The Morgan fingerprint density at radius 2 is 2.39 bits per heavy atom. The summed E-state index contributed by atoms with van der Waals surface area (Å²) >= 11 is 0. The van der Waals surface area contributed by atoms with Gasteiger partial charge in [-0.05, 0) is 19.8 Å². The van der Waals surface area contributed by atoms with Crippen molar-refractivity contribution in [1.29, 1.82) is 0 Å². The number of aliphatic hydroxyl groups is 1. The molecule has 1 aromatic heterocycles. The Morgan fingerprint density at radius 3 is 2.89 bits per heavy atom. The summed E-state index contributed by atoms with van der Waals surface area (Å²) in [6.07, 6.45) is 2.93. The van der Waals surface area contributed by atoms with Gasteiger partial charge in [-0.15, -0.1) is 5.10 Å². The van der Waals surface area contributed by atoms with Gasteiger partial charge in [0.1, 0.15) is 6.54 Å². The van der Waals surface area contributed by atoms with Crippen LogP contribution in [0.3, 0.4) is 0 Å². The van der Waals surface area contributed by atoms with Crippen LogP contribution in [0.25, 0.3) is 0 Å². The van der Waals surface area contributed by atoms with E-state index in [9.17, 15) is 4.79 Å². The first-order chi connectivity index (χ1) is 8.53. The molecule has 0 saturated heterocycles. The molecule has 18 heavy (non-hydrogen) atoms. The molecule has 0 aliphatic heterocycles. The number of rotatable bonds is 7. The molecule has 1 amide bonds. The van der Waals surface area contributed by atoms with Gasteiger partial charge in [0.05, 0.1) is 11.9 Å². The molecule has 4 N–H and O–H groups in total. The predicted molar refractivity (Wildman–Crippen MR) is 66.5 cm³/mol. The number of nitrogens with one attached hydrogen (secondary N) is 1. The summed E-state index contributed by atoms with van der Waals surface area (Å²) in [7, 11) is 0. The van der Waals surface area contributed by atoms with Crippen LogP contribution in [0.4, 0.5) is 0 Å². The predicted octanol–water partition coefficient (Wildman–Crippen LogP) is -0.596. The van der Waals surface area contributed by atoms with Gasteiger partial charge in [-0.2, -0.15) is 0 Å². The fourth-order valence-corrected chi connectivity index (χ4v) is 1.61. The van der Waals surface area contributed by atoms with E-state index in [2.05, 4.69) is 15.6 Å². The first-order valence-corrected chi connectivity index (χ1v) is 6.04. The van der Waals surface area contributed by atoms with Crippen molar-refractivity contribution in [3.63, 3.8) is 0 Å². The molecule has 0 radical (unpaired) electrons. The maximum atomic E-state index is 11.8. The lowest BCUT2D eigenvalue weighted by Crippen LogP contribution is -2.47. The van der Waals surface area contributed by atoms with E-state index in [0.717, 1.165) is 6.42 Å². The van der Waals surface area contributed by atoms with Gasteiger partial charge in [0.15, 0.2) is 0 Å². The molecule has 1 rings (SSSR count). The van der Waals surface area contributed by atoms with Crippen LogP contribution in [0.5, 0.6) is 0 Å². The maximum absolute atomic E-state index is 11.8. The molecule has 7 nitrogen and oxygen atoms in total. The smallest absolute Gasteiger partial charge is 0.242 e. The second kappa shape index (κ2) is 6.46. The minimum atomic E-state index is -0.386. The number of hydrogen-bond acceptors (Lipinski definition) is 5. The SMILES string of the molecule is CCC(C)(CCO)NC(=O)Cn1cc(CN)nn1. The molecule has 0 fully saturated rings. The second-order valence-electron chi connectivity index (χ2n) is 4.55. The van der Waals surface area contributed by atoms with Crippen LogP contribution in [0.2, 0.25) is 0 Å². The molecule has 102 valence electrons. The monoisotopic (exact) mass is 255 g/mol. The zero-order chi connectivity index (χ0) is 13.6. The van der Waals surface area contributed by atoms with E-state index in [1.807, 2.05) is 13.8 Å². The number of carbonyl (C=O) groups excluding carboxylic acids is 1. The summed E-state index contributed by atoms with van der Waals surface area (Å²) in [5.41, 5.74) is 5.68. The highest BCUT2D eigenvalue weighted by Gasteiger charge is 2.23. The minimum absolute atomic E-state index is 0.0469. The van der Waals surface area contributed by atoms with Crippen molar-refractivity contribution >= 4 is 5.91 Å². The standard InChI is InChI=1S/C11H21N5O2/c1-3-11(2,4-5-17)13-10(18)8-16-7-9(6-12)14-15-16/h7,17H,3-6,8,12H2,1-2H3,(H,13,18). The van der Waals surface area contributed by atoms with Crippen molar-refractivity contribution in [1.82, 2.24) is 20.3 Å². The number of aliphatic hydroxyl groups excluding tert-OH is 1. The molecule has 0 spiro atoms. The largest absolute Gasteiger partial charge is 0.396 e. The van der Waals surface area contributed by atoms with Gasteiger partial charge in [0.2, 0.25) is 5.91 Å². The Balaban J connectivity index is 2.55. The second-order valence-corrected chi connectivity index (χ2v) is 4.55. The van der Waals surface area contributed by atoms with E-state index in [1.54, 1.807) is 6.20 Å². The number of nitrogens with zero attached hydrogens (tertiary/aromatic N) is 3. The minimum Gasteiger partial charge on any atom is -0.396 e. The summed E-state index contributed by atoms with van der Waals surface area (Å²) in [6, 6.07) is 0. The normalized spacial score (nSPS) is 14.2. The topological polar surface area (TPSA) is 106 Å². The van der Waals surface area contributed by atoms with E-state index in [1.165, 1.54) is 4.68 Å². The van der Waals surface area contributed by atoms with Crippen LogP contribution in [-0.2, 0) is 17.9 Å². The van der Waals surface area contributed by atoms with Crippen molar-refractivity contribution in [3.05, 3.63) is 11.9 Å². The van der Waals surface area contributed by atoms with Crippen molar-refractivity contribution in [2.75, 3.05) is 6.61 Å². The lowest BCUT2D eigenvalue weighted by molar-refractivity contribution is -0.123. The third kappa shape index (κ3) is 4.08. The van der Waals surface area contributed by atoms with Gasteiger partial charge in [0, 0.05) is 18.7 Å². The van der Waals surface area contributed by atoms with Crippen molar-refractivity contribution in [2.45, 2.75) is 45.3 Å². The summed E-state index contributed by atoms with van der Waals surface area (Å²) < 4.78 is 1.45. The molecule has 0 aromatic carbocycles. The van der Waals surface area contributed by atoms with Crippen molar-refractivity contribution in [2.24, 2.45) is 5.73 Å². The third-order valence-corrected chi connectivity index (χ3v) is 2.99. The van der Waals surface area contributed by atoms with Gasteiger partial charge in [0.25, 0.3) is 0 Å². The van der Waals surface area contributed by atoms with Gasteiger partial charge in [-0.3, -0.25) is 4.79 Å². The van der Waals surface area contributed by atoms with Crippen LogP contribution in [0.15, 0.2) is 6.20 Å². The van der Waals surface area contributed by atoms with Crippen LogP contribution in [-0.4, -0.2) is 38.2 Å². The first-order valence-electron chi connectivity index (χ1n) is 6.04. The molecular formula is C11H21N5O2. The Kier molecular flexibility index (Phi) is 5.24. The molecule has 0 bridgehead atoms. The summed E-state index contributed by atoms with van der Waals surface area (Å²) in [4.78, 5) is 11.8. The van der Waals surface area contributed by atoms with E-state index in [-0.39, 0.29) is 24.6 Å². The summed E-state index contributed by atoms with van der Waals surface area (Å²) in [6.45, 7) is 4.34. The van der Waals surface area contributed by atoms with Crippen LogP contribution in [0, 0.1) is 0 Å². The highest BCUT2D eigenvalue weighted by atomic mass is 16.3. The number of carbonyl (C=O) groups is 1. The van der Waals surface area contributed by atoms with Gasteiger partial charge in [-0.1, -0.05) is 12.1 Å². The average Bonchev–Trinajstić information content (AvgIpc) is 2.76. The average molecular weight is 255 g/mol. The third-order valence-electron chi connectivity index (χ3n) is 2.99. The molecule has 1 unspecified atom stereocenters. The first kappa shape index (κ1) is 14.6. The molecule has 1 aromatic rings. The number of aromatic nitrogens is 3. The molecule has 1 atom stereocenters. The lowest BCUT2D eigenvalue weighted by atomic mass is 9.95. The fourth-order valence-electron chi connectivity index (χ4n) is 1.61. The fraction of sp³-hybridized carbons (Fsp3) is 0.727. The molecule has 0 aliphatic rings. The van der Waals surface area contributed by atoms with Crippen molar-refractivity contribution < 1.29 is 9.90 Å². The van der Waals surface area contributed by atoms with Crippen LogP contribution >= 0.6 is 0 Å². The van der Waals surface area contributed by atoms with E-state index in [0.29, 0.717) is 18.7 Å². The number of hydrogen-bond donors (Lipinski definition) is 3. The highest BCUT2D eigenvalue weighted by molar-refractivity contribution is 5.76. The zero-order valence-corrected chi connectivity index (χ0v) is 10.9.